The van der Waals surface area contributed by atoms with Crippen molar-refractivity contribution in [1.82, 2.24) is 5.32 Å². The van der Waals surface area contributed by atoms with Crippen LogP contribution in [-0.4, -0.2) is 24.4 Å². The minimum atomic E-state index is -0.753. The number of halogens is 3. The summed E-state index contributed by atoms with van der Waals surface area (Å²) in [6, 6.07) is 1.17. The second-order valence-electron chi connectivity index (χ2n) is 4.55. The first-order chi connectivity index (χ1) is 9.43. The highest BCUT2D eigenvalue weighted by Gasteiger charge is 2.34. The van der Waals surface area contributed by atoms with Crippen LogP contribution in [0, 0.1) is 11.6 Å². The number of hydrogen-bond donors (Lipinski definition) is 1. The van der Waals surface area contributed by atoms with Crippen molar-refractivity contribution in [3.8, 4) is 0 Å². The van der Waals surface area contributed by atoms with Crippen molar-refractivity contribution in [1.29, 1.82) is 0 Å². The Morgan fingerprint density at radius 2 is 2.05 bits per heavy atom. The third-order valence-corrected chi connectivity index (χ3v) is 3.67. The lowest BCUT2D eigenvalue weighted by Gasteiger charge is -2.32. The van der Waals surface area contributed by atoms with Gasteiger partial charge in [0.15, 0.2) is 0 Å². The number of carbonyl (C=O) groups excluding carboxylic acids is 2. The van der Waals surface area contributed by atoms with E-state index in [4.69, 9.17) is 0 Å². The molecule has 1 aliphatic rings. The van der Waals surface area contributed by atoms with Crippen molar-refractivity contribution in [2.75, 3.05) is 11.4 Å². The average molecular weight is 347 g/mol. The standard InChI is InChI=1S/C13H13BrF2N2O2/c1-2-3-10-13(20)18(6-12(19)17-10)11-5-8(15)7(14)4-9(11)16/h4-5,10H,2-3,6H2,1H3,(H,17,19). The van der Waals surface area contributed by atoms with Crippen molar-refractivity contribution < 1.29 is 18.4 Å². The quantitative estimate of drug-likeness (QED) is 0.854. The Bertz CT molecular complexity index is 566. The molecule has 1 aromatic rings. The molecule has 4 nitrogen and oxygen atoms in total. The number of piperazine rings is 1. The first kappa shape index (κ1) is 14.9. The molecule has 1 N–H and O–H groups in total. The van der Waals surface area contributed by atoms with Gasteiger partial charge in [-0.15, -0.1) is 0 Å². The van der Waals surface area contributed by atoms with E-state index in [2.05, 4.69) is 21.2 Å². The molecular formula is C13H13BrF2N2O2. The van der Waals surface area contributed by atoms with E-state index >= 15 is 0 Å². The first-order valence-electron chi connectivity index (χ1n) is 6.19. The summed E-state index contributed by atoms with van der Waals surface area (Å²) in [6.45, 7) is 1.56. The highest BCUT2D eigenvalue weighted by Crippen LogP contribution is 2.28. The Hall–Kier alpha value is -1.50. The molecule has 7 heteroatoms. The van der Waals surface area contributed by atoms with Crippen LogP contribution in [-0.2, 0) is 9.59 Å². The number of amides is 2. The summed E-state index contributed by atoms with van der Waals surface area (Å²) in [5, 5.41) is 2.56. The molecular weight excluding hydrogens is 334 g/mol. The zero-order valence-electron chi connectivity index (χ0n) is 10.8. The third kappa shape index (κ3) is 2.82. The third-order valence-electron chi connectivity index (χ3n) is 3.06. The molecule has 0 aromatic heterocycles. The fourth-order valence-electron chi connectivity index (χ4n) is 2.12. The normalized spacial score (nSPS) is 19.2. The summed E-state index contributed by atoms with van der Waals surface area (Å²) < 4.78 is 27.4. The van der Waals surface area contributed by atoms with Gasteiger partial charge in [0.2, 0.25) is 11.8 Å². The van der Waals surface area contributed by atoms with Crippen LogP contribution in [0.4, 0.5) is 14.5 Å². The lowest BCUT2D eigenvalue weighted by molar-refractivity contribution is -0.131. The first-order valence-corrected chi connectivity index (χ1v) is 6.98. The monoisotopic (exact) mass is 346 g/mol. The highest BCUT2D eigenvalue weighted by atomic mass is 79.9. The van der Waals surface area contributed by atoms with E-state index in [0.717, 1.165) is 17.0 Å². The molecule has 1 aromatic carbocycles. The summed E-state index contributed by atoms with van der Waals surface area (Å²) in [7, 11) is 0. The zero-order valence-corrected chi connectivity index (χ0v) is 12.3. The number of nitrogens with one attached hydrogen (secondary N) is 1. The van der Waals surface area contributed by atoms with Gasteiger partial charge in [-0.2, -0.15) is 0 Å². The molecule has 2 amide bonds. The second kappa shape index (κ2) is 5.87. The highest BCUT2D eigenvalue weighted by molar-refractivity contribution is 9.10. The van der Waals surface area contributed by atoms with E-state index in [1.54, 1.807) is 0 Å². The predicted octanol–water partition coefficient (Wildman–Crippen LogP) is 2.36. The van der Waals surface area contributed by atoms with Gasteiger partial charge in [-0.25, -0.2) is 8.78 Å². The molecule has 0 radical (unpaired) electrons. The van der Waals surface area contributed by atoms with Gasteiger partial charge in [0, 0.05) is 6.07 Å². The Balaban J connectivity index is 2.37. The van der Waals surface area contributed by atoms with Gasteiger partial charge in [-0.05, 0) is 28.4 Å². The van der Waals surface area contributed by atoms with Crippen LogP contribution in [0.15, 0.2) is 16.6 Å². The largest absolute Gasteiger partial charge is 0.343 e. The summed E-state index contributed by atoms with van der Waals surface area (Å²) in [5.41, 5.74) is -0.216. The van der Waals surface area contributed by atoms with Crippen LogP contribution in [0.2, 0.25) is 0 Å². The maximum atomic E-state index is 13.9. The Morgan fingerprint density at radius 3 is 2.70 bits per heavy atom. The van der Waals surface area contributed by atoms with Gasteiger partial charge in [0.1, 0.15) is 24.2 Å². The molecule has 1 saturated heterocycles. The van der Waals surface area contributed by atoms with Gasteiger partial charge < -0.3 is 5.32 Å². The molecule has 108 valence electrons. The molecule has 0 aliphatic carbocycles. The zero-order chi connectivity index (χ0) is 14.9. The number of hydrogen-bond acceptors (Lipinski definition) is 2. The number of carbonyl (C=O) groups is 2. The maximum absolute atomic E-state index is 13.9. The van der Waals surface area contributed by atoms with E-state index in [9.17, 15) is 18.4 Å². The topological polar surface area (TPSA) is 49.4 Å². The van der Waals surface area contributed by atoms with Crippen molar-refractivity contribution in [3.63, 3.8) is 0 Å². The smallest absolute Gasteiger partial charge is 0.250 e. The van der Waals surface area contributed by atoms with E-state index in [-0.39, 0.29) is 22.6 Å². The lowest BCUT2D eigenvalue weighted by atomic mass is 10.1. The Kier molecular flexibility index (Phi) is 4.37. The minimum Gasteiger partial charge on any atom is -0.343 e. The van der Waals surface area contributed by atoms with Gasteiger partial charge >= 0.3 is 0 Å². The van der Waals surface area contributed by atoms with Crippen molar-refractivity contribution in [2.45, 2.75) is 25.8 Å². The van der Waals surface area contributed by atoms with Crippen LogP contribution in [0.3, 0.4) is 0 Å². The summed E-state index contributed by atoms with van der Waals surface area (Å²) in [6.07, 6.45) is 1.16. The van der Waals surface area contributed by atoms with Crippen molar-refractivity contribution >= 4 is 33.4 Å². The molecule has 1 atom stereocenters. The number of anilines is 1. The lowest BCUT2D eigenvalue weighted by Crippen LogP contribution is -2.58. The van der Waals surface area contributed by atoms with Crippen molar-refractivity contribution in [3.05, 3.63) is 28.2 Å². The fourth-order valence-corrected chi connectivity index (χ4v) is 2.43. The van der Waals surface area contributed by atoms with Gasteiger partial charge in [0.05, 0.1) is 10.2 Å². The summed E-state index contributed by atoms with van der Waals surface area (Å²) in [5.74, 6) is -2.25. The SMILES string of the molecule is CCCC1NC(=O)CN(c2cc(F)c(Br)cc2F)C1=O. The predicted molar refractivity (Wildman–Crippen MR) is 73.2 cm³/mol. The molecule has 1 fully saturated rings. The molecule has 1 aliphatic heterocycles. The Labute approximate surface area is 123 Å². The molecule has 0 spiro atoms. The fraction of sp³-hybridized carbons (Fsp3) is 0.385. The maximum Gasteiger partial charge on any atom is 0.250 e. The Morgan fingerprint density at radius 1 is 1.35 bits per heavy atom. The molecule has 0 bridgehead atoms. The van der Waals surface area contributed by atoms with Crippen LogP contribution in [0.1, 0.15) is 19.8 Å². The second-order valence-corrected chi connectivity index (χ2v) is 5.41. The van der Waals surface area contributed by atoms with E-state index in [1.165, 1.54) is 0 Å². The van der Waals surface area contributed by atoms with Gasteiger partial charge in [0.25, 0.3) is 0 Å². The van der Waals surface area contributed by atoms with Gasteiger partial charge in [-0.3, -0.25) is 14.5 Å². The molecule has 1 heterocycles. The van der Waals surface area contributed by atoms with Crippen LogP contribution in [0.5, 0.6) is 0 Å². The molecule has 0 saturated carbocycles. The average Bonchev–Trinajstić information content (AvgIpc) is 2.38. The van der Waals surface area contributed by atoms with E-state index in [1.807, 2.05) is 6.92 Å². The van der Waals surface area contributed by atoms with Gasteiger partial charge in [-0.1, -0.05) is 13.3 Å². The summed E-state index contributed by atoms with van der Waals surface area (Å²) >= 11 is 2.87. The molecule has 1 unspecified atom stereocenters. The molecule has 2 rings (SSSR count). The van der Waals surface area contributed by atoms with E-state index < -0.39 is 23.6 Å². The summed E-state index contributed by atoms with van der Waals surface area (Å²) in [4.78, 5) is 24.8. The molecule has 20 heavy (non-hydrogen) atoms. The van der Waals surface area contributed by atoms with Crippen LogP contribution >= 0.6 is 15.9 Å². The number of nitrogens with zero attached hydrogens (tertiary/aromatic N) is 1. The van der Waals surface area contributed by atoms with Crippen LogP contribution in [0.25, 0.3) is 0 Å². The van der Waals surface area contributed by atoms with E-state index in [0.29, 0.717) is 12.8 Å². The number of benzene rings is 1. The minimum absolute atomic E-state index is 0.0298. The van der Waals surface area contributed by atoms with Crippen molar-refractivity contribution in [2.24, 2.45) is 0 Å². The van der Waals surface area contributed by atoms with Crippen LogP contribution < -0.4 is 10.2 Å². The number of rotatable bonds is 3.